The molecule has 2 rings (SSSR count). The minimum Gasteiger partial charge on any atom is -0.353 e. The van der Waals surface area contributed by atoms with Crippen LogP contribution in [-0.4, -0.2) is 31.2 Å². The second kappa shape index (κ2) is 8.42. The summed E-state index contributed by atoms with van der Waals surface area (Å²) in [6, 6.07) is 11.9. The van der Waals surface area contributed by atoms with Crippen LogP contribution in [0, 0.1) is 12.7 Å². The van der Waals surface area contributed by atoms with Gasteiger partial charge in [-0.05, 0) is 50.6 Å². The number of carbonyl (C=O) groups excluding carboxylic acids is 1. The molecule has 0 saturated carbocycles. The predicted molar refractivity (Wildman–Crippen MR) is 98.5 cm³/mol. The van der Waals surface area contributed by atoms with Gasteiger partial charge >= 0.3 is 0 Å². The molecule has 1 N–H and O–H groups in total. The summed E-state index contributed by atoms with van der Waals surface area (Å²) < 4.78 is 40.2. The number of aryl methyl sites for hydroxylation is 1. The summed E-state index contributed by atoms with van der Waals surface area (Å²) in [5.74, 6) is -0.794. The summed E-state index contributed by atoms with van der Waals surface area (Å²) in [6.45, 7) is 5.13. The lowest BCUT2D eigenvalue weighted by molar-refractivity contribution is -0.121. The van der Waals surface area contributed by atoms with Crippen molar-refractivity contribution in [2.75, 3.05) is 6.54 Å². The Morgan fingerprint density at radius 1 is 1.08 bits per heavy atom. The number of sulfonamides is 1. The second-order valence-corrected chi connectivity index (χ2v) is 8.37. The molecule has 0 radical (unpaired) electrons. The van der Waals surface area contributed by atoms with E-state index in [-0.39, 0.29) is 24.0 Å². The molecule has 26 heavy (non-hydrogen) atoms. The number of amides is 1. The maximum absolute atomic E-state index is 13.1. The average molecular weight is 378 g/mol. The minimum atomic E-state index is -3.88. The summed E-state index contributed by atoms with van der Waals surface area (Å²) in [5, 5.41) is 2.70. The Labute approximate surface area is 153 Å². The van der Waals surface area contributed by atoms with Crippen LogP contribution in [0.4, 0.5) is 4.39 Å². The first kappa shape index (κ1) is 20.1. The van der Waals surface area contributed by atoms with Crippen LogP contribution in [0.5, 0.6) is 0 Å². The van der Waals surface area contributed by atoms with E-state index in [1.165, 1.54) is 36.4 Å². The fourth-order valence-corrected chi connectivity index (χ4v) is 3.79. The van der Waals surface area contributed by atoms with Gasteiger partial charge in [-0.25, -0.2) is 12.8 Å². The van der Waals surface area contributed by atoms with Gasteiger partial charge in [-0.2, -0.15) is 4.31 Å². The van der Waals surface area contributed by atoms with Gasteiger partial charge in [0.15, 0.2) is 0 Å². The highest BCUT2D eigenvalue weighted by Crippen LogP contribution is 2.19. The Hall–Kier alpha value is -2.25. The first-order chi connectivity index (χ1) is 12.2. The number of hydrogen-bond donors (Lipinski definition) is 1. The molecule has 0 aromatic heterocycles. The van der Waals surface area contributed by atoms with Crippen molar-refractivity contribution >= 4 is 15.9 Å². The number of halogens is 1. The van der Waals surface area contributed by atoms with Gasteiger partial charge in [-0.1, -0.05) is 29.8 Å². The van der Waals surface area contributed by atoms with E-state index in [1.807, 2.05) is 6.92 Å². The normalized spacial score (nSPS) is 11.8. The van der Waals surface area contributed by atoms with Crippen molar-refractivity contribution in [3.05, 3.63) is 65.5 Å². The Morgan fingerprint density at radius 2 is 1.65 bits per heavy atom. The largest absolute Gasteiger partial charge is 0.353 e. The summed E-state index contributed by atoms with van der Waals surface area (Å²) >= 11 is 0. The van der Waals surface area contributed by atoms with Crippen molar-refractivity contribution in [1.29, 1.82) is 0 Å². The zero-order valence-corrected chi connectivity index (χ0v) is 15.9. The van der Waals surface area contributed by atoms with Gasteiger partial charge in [0.2, 0.25) is 15.9 Å². The van der Waals surface area contributed by atoms with Gasteiger partial charge in [0.1, 0.15) is 5.82 Å². The van der Waals surface area contributed by atoms with E-state index >= 15 is 0 Å². The molecule has 0 heterocycles. The molecule has 2 aromatic carbocycles. The van der Waals surface area contributed by atoms with Crippen LogP contribution in [0.25, 0.3) is 0 Å². The highest BCUT2D eigenvalue weighted by Gasteiger charge is 2.27. The highest BCUT2D eigenvalue weighted by atomic mass is 32.2. The van der Waals surface area contributed by atoms with E-state index in [0.29, 0.717) is 5.56 Å². The predicted octanol–water partition coefficient (Wildman–Crippen LogP) is 2.85. The van der Waals surface area contributed by atoms with Crippen molar-refractivity contribution in [3.63, 3.8) is 0 Å². The lowest BCUT2D eigenvalue weighted by atomic mass is 10.2. The second-order valence-electron chi connectivity index (χ2n) is 6.43. The van der Waals surface area contributed by atoms with Crippen LogP contribution in [0.3, 0.4) is 0 Å². The summed E-state index contributed by atoms with van der Waals surface area (Å²) in [5.41, 5.74) is 1.53. The quantitative estimate of drug-likeness (QED) is 0.806. The van der Waals surface area contributed by atoms with Gasteiger partial charge in [0.05, 0.1) is 11.4 Å². The third kappa shape index (κ3) is 5.37. The molecule has 0 bridgehead atoms. The smallest absolute Gasteiger partial charge is 0.243 e. The Bertz CT molecular complexity index is 847. The molecular weight excluding hydrogens is 355 g/mol. The van der Waals surface area contributed by atoms with Crippen LogP contribution in [0.1, 0.15) is 25.0 Å². The summed E-state index contributed by atoms with van der Waals surface area (Å²) in [6.07, 6.45) is 0. The number of benzene rings is 2. The van der Waals surface area contributed by atoms with Crippen LogP contribution in [0.15, 0.2) is 53.4 Å². The fraction of sp³-hybridized carbons (Fsp3) is 0.316. The number of nitrogens with one attached hydrogen (secondary N) is 1. The first-order valence-electron chi connectivity index (χ1n) is 8.29. The molecule has 7 heteroatoms. The highest BCUT2D eigenvalue weighted by molar-refractivity contribution is 7.89. The van der Waals surface area contributed by atoms with Crippen molar-refractivity contribution in [2.24, 2.45) is 0 Å². The van der Waals surface area contributed by atoms with E-state index in [9.17, 15) is 17.6 Å². The maximum Gasteiger partial charge on any atom is 0.243 e. The maximum atomic E-state index is 13.1. The third-order valence-electron chi connectivity index (χ3n) is 3.70. The summed E-state index contributed by atoms with van der Waals surface area (Å²) in [4.78, 5) is 12.3. The number of carbonyl (C=O) groups is 1. The molecule has 0 aliphatic rings. The van der Waals surface area contributed by atoms with Crippen LogP contribution in [-0.2, 0) is 21.4 Å². The van der Waals surface area contributed by atoms with Gasteiger partial charge in [0.25, 0.3) is 0 Å². The molecule has 0 fully saturated rings. The lowest BCUT2D eigenvalue weighted by Crippen LogP contribution is -2.42. The van der Waals surface area contributed by atoms with Gasteiger partial charge in [0, 0.05) is 12.6 Å². The summed E-state index contributed by atoms with van der Waals surface area (Å²) in [7, 11) is -3.88. The van der Waals surface area contributed by atoms with E-state index in [4.69, 9.17) is 0 Å². The molecule has 2 aromatic rings. The molecule has 0 aliphatic heterocycles. The zero-order valence-electron chi connectivity index (χ0n) is 15.1. The Morgan fingerprint density at radius 3 is 2.19 bits per heavy atom. The van der Waals surface area contributed by atoms with Crippen molar-refractivity contribution in [3.8, 4) is 0 Å². The molecule has 0 saturated heterocycles. The minimum absolute atomic E-state index is 0.0258. The van der Waals surface area contributed by atoms with E-state index in [1.54, 1.807) is 26.0 Å². The fourth-order valence-electron chi connectivity index (χ4n) is 2.41. The van der Waals surface area contributed by atoms with Crippen LogP contribution in [0.2, 0.25) is 0 Å². The first-order valence-corrected chi connectivity index (χ1v) is 9.73. The Kier molecular flexibility index (Phi) is 6.50. The number of rotatable bonds is 7. The topological polar surface area (TPSA) is 66.5 Å². The Balaban J connectivity index is 2.33. The van der Waals surface area contributed by atoms with Crippen LogP contribution >= 0.6 is 0 Å². The third-order valence-corrected chi connectivity index (χ3v) is 5.51. The monoisotopic (exact) mass is 378 g/mol. The zero-order chi connectivity index (χ0) is 19.3. The molecule has 140 valence electrons. The lowest BCUT2D eigenvalue weighted by Gasteiger charge is -2.22. The number of hydrogen-bond acceptors (Lipinski definition) is 3. The van der Waals surface area contributed by atoms with Crippen molar-refractivity contribution in [2.45, 2.75) is 38.3 Å². The van der Waals surface area contributed by atoms with E-state index < -0.39 is 21.7 Å². The standard InChI is InChI=1S/C19H23FN2O3S/c1-14(2)21-19(23)13-22(12-16-6-8-17(20)9-7-16)26(24,25)18-10-4-15(3)5-11-18/h4-11,14H,12-13H2,1-3H3,(H,21,23). The average Bonchev–Trinajstić information content (AvgIpc) is 2.56. The molecule has 0 aliphatic carbocycles. The van der Waals surface area contributed by atoms with Gasteiger partial charge < -0.3 is 5.32 Å². The van der Waals surface area contributed by atoms with Crippen LogP contribution < -0.4 is 5.32 Å². The van der Waals surface area contributed by atoms with Crippen molar-refractivity contribution in [1.82, 2.24) is 9.62 Å². The SMILES string of the molecule is Cc1ccc(S(=O)(=O)N(CC(=O)NC(C)C)Cc2ccc(F)cc2)cc1. The van der Waals surface area contributed by atoms with E-state index in [2.05, 4.69) is 5.32 Å². The molecule has 0 unspecified atom stereocenters. The molecule has 0 spiro atoms. The molecule has 0 atom stereocenters. The van der Waals surface area contributed by atoms with Gasteiger partial charge in [-0.15, -0.1) is 0 Å². The molecule has 1 amide bonds. The van der Waals surface area contributed by atoms with Gasteiger partial charge in [-0.3, -0.25) is 4.79 Å². The molecule has 5 nitrogen and oxygen atoms in total. The number of nitrogens with zero attached hydrogens (tertiary/aromatic N) is 1. The van der Waals surface area contributed by atoms with Crippen molar-refractivity contribution < 1.29 is 17.6 Å². The van der Waals surface area contributed by atoms with E-state index in [0.717, 1.165) is 9.87 Å². The molecular formula is C19H23FN2O3S.